The Labute approximate surface area is 111 Å². The van der Waals surface area contributed by atoms with Gasteiger partial charge in [0.2, 0.25) is 0 Å². The van der Waals surface area contributed by atoms with Crippen LogP contribution in [0.3, 0.4) is 0 Å². The highest BCUT2D eigenvalue weighted by Gasteiger charge is 2.05. The summed E-state index contributed by atoms with van der Waals surface area (Å²) in [6.07, 6.45) is 7.79. The molecule has 1 N–H and O–H groups in total. The summed E-state index contributed by atoms with van der Waals surface area (Å²) in [4.78, 5) is 11.8. The van der Waals surface area contributed by atoms with Crippen LogP contribution in [0.25, 0.3) is 0 Å². The number of hydrogen-bond acceptors (Lipinski definition) is 1. The third-order valence-electron chi connectivity index (χ3n) is 2.47. The molecule has 2 nitrogen and oxygen atoms in total. The van der Waals surface area contributed by atoms with Crippen LogP contribution in [-0.2, 0) is 0 Å². The fourth-order valence-corrected chi connectivity index (χ4v) is 1.77. The molecule has 0 fully saturated rings. The molecular weight excluding hydrogens is 278 g/mol. The van der Waals surface area contributed by atoms with Crippen LogP contribution in [0.1, 0.15) is 35.2 Å². The van der Waals surface area contributed by atoms with Gasteiger partial charge < -0.3 is 5.32 Å². The zero-order chi connectivity index (χ0) is 12.7. The van der Waals surface area contributed by atoms with Crippen molar-refractivity contribution < 1.29 is 4.79 Å². The summed E-state index contributed by atoms with van der Waals surface area (Å²) >= 11 is 3.41. The van der Waals surface area contributed by atoms with Crippen molar-refractivity contribution in [3.05, 3.63) is 33.8 Å². The van der Waals surface area contributed by atoms with Crippen LogP contribution in [0.4, 0.5) is 0 Å². The zero-order valence-electron chi connectivity index (χ0n) is 9.92. The van der Waals surface area contributed by atoms with Gasteiger partial charge in [0.25, 0.3) is 5.91 Å². The van der Waals surface area contributed by atoms with E-state index in [9.17, 15) is 4.79 Å². The summed E-state index contributed by atoms with van der Waals surface area (Å²) in [7, 11) is 0. The van der Waals surface area contributed by atoms with Gasteiger partial charge in [0.05, 0.1) is 0 Å². The number of benzene rings is 1. The van der Waals surface area contributed by atoms with Gasteiger partial charge in [0.1, 0.15) is 0 Å². The largest absolute Gasteiger partial charge is 0.352 e. The van der Waals surface area contributed by atoms with E-state index in [-0.39, 0.29) is 5.91 Å². The highest BCUT2D eigenvalue weighted by atomic mass is 79.9. The van der Waals surface area contributed by atoms with Crippen LogP contribution in [0.15, 0.2) is 22.7 Å². The maximum Gasteiger partial charge on any atom is 0.251 e. The van der Waals surface area contributed by atoms with Crippen LogP contribution >= 0.6 is 15.9 Å². The van der Waals surface area contributed by atoms with Crippen LogP contribution in [-0.4, -0.2) is 12.5 Å². The molecule has 90 valence electrons. The monoisotopic (exact) mass is 293 g/mol. The molecule has 0 aliphatic heterocycles. The van der Waals surface area contributed by atoms with Crippen molar-refractivity contribution >= 4 is 21.8 Å². The summed E-state index contributed by atoms with van der Waals surface area (Å²) in [5.41, 5.74) is 1.80. The molecule has 0 bridgehead atoms. The minimum Gasteiger partial charge on any atom is -0.352 e. The first kappa shape index (κ1) is 13.8. The van der Waals surface area contributed by atoms with Crippen LogP contribution in [0.5, 0.6) is 0 Å². The molecule has 1 amide bonds. The van der Waals surface area contributed by atoms with Gasteiger partial charge in [-0.3, -0.25) is 4.79 Å². The fraction of sp³-hybridized carbons (Fsp3) is 0.357. The van der Waals surface area contributed by atoms with Crippen molar-refractivity contribution in [3.8, 4) is 12.3 Å². The van der Waals surface area contributed by atoms with Crippen molar-refractivity contribution in [2.75, 3.05) is 6.54 Å². The summed E-state index contributed by atoms with van der Waals surface area (Å²) in [5.74, 6) is 2.55. The van der Waals surface area contributed by atoms with Gasteiger partial charge >= 0.3 is 0 Å². The van der Waals surface area contributed by atoms with E-state index in [1.807, 2.05) is 25.1 Å². The molecule has 1 rings (SSSR count). The minimum absolute atomic E-state index is 0.0357. The standard InChI is InChI=1S/C14H16BrNO/c1-3-4-5-6-9-16-14(17)12-8-7-11(2)13(15)10-12/h1,7-8,10H,4-6,9H2,2H3,(H,16,17). The summed E-state index contributed by atoms with van der Waals surface area (Å²) in [6.45, 7) is 2.66. The number of carbonyl (C=O) groups excluding carboxylic acids is 1. The molecule has 0 aliphatic carbocycles. The van der Waals surface area contributed by atoms with Crippen molar-refractivity contribution in [1.82, 2.24) is 5.32 Å². The van der Waals surface area contributed by atoms with Gasteiger partial charge in [0, 0.05) is 23.0 Å². The summed E-state index contributed by atoms with van der Waals surface area (Å²) in [5, 5.41) is 2.88. The second-order valence-corrected chi connectivity index (χ2v) is 4.74. The van der Waals surface area contributed by atoms with E-state index in [2.05, 4.69) is 27.2 Å². The topological polar surface area (TPSA) is 29.1 Å². The van der Waals surface area contributed by atoms with Gasteiger partial charge in [-0.15, -0.1) is 12.3 Å². The van der Waals surface area contributed by atoms with Crippen molar-refractivity contribution in [1.29, 1.82) is 0 Å². The molecule has 0 radical (unpaired) electrons. The maximum atomic E-state index is 11.8. The average Bonchev–Trinajstić information content (AvgIpc) is 2.32. The Morgan fingerprint density at radius 2 is 2.24 bits per heavy atom. The molecule has 0 saturated heterocycles. The first-order valence-corrected chi connectivity index (χ1v) is 6.42. The molecule has 1 aromatic carbocycles. The van der Waals surface area contributed by atoms with Crippen LogP contribution in [0, 0.1) is 19.3 Å². The molecule has 0 aliphatic rings. The second kappa shape index (κ2) is 7.13. The fourth-order valence-electron chi connectivity index (χ4n) is 1.39. The SMILES string of the molecule is C#CCCCCNC(=O)c1ccc(C)c(Br)c1. The molecule has 0 unspecified atom stereocenters. The number of carbonyl (C=O) groups is 1. The van der Waals surface area contributed by atoms with Gasteiger partial charge in [-0.2, -0.15) is 0 Å². The van der Waals surface area contributed by atoms with E-state index in [0.717, 1.165) is 29.3 Å². The molecule has 3 heteroatoms. The lowest BCUT2D eigenvalue weighted by atomic mass is 10.1. The highest BCUT2D eigenvalue weighted by molar-refractivity contribution is 9.10. The second-order valence-electron chi connectivity index (χ2n) is 3.88. The Balaban J connectivity index is 2.42. The molecule has 0 atom stereocenters. The van der Waals surface area contributed by atoms with Crippen molar-refractivity contribution in [2.45, 2.75) is 26.2 Å². The van der Waals surface area contributed by atoms with Crippen molar-refractivity contribution in [2.24, 2.45) is 0 Å². The smallest absolute Gasteiger partial charge is 0.251 e. The quantitative estimate of drug-likeness (QED) is 0.655. The first-order valence-electron chi connectivity index (χ1n) is 5.63. The molecule has 17 heavy (non-hydrogen) atoms. The predicted octanol–water partition coefficient (Wildman–Crippen LogP) is 3.29. The molecule has 0 heterocycles. The summed E-state index contributed by atoms with van der Waals surface area (Å²) < 4.78 is 0.956. The Morgan fingerprint density at radius 3 is 2.88 bits per heavy atom. The first-order chi connectivity index (χ1) is 8.15. The number of unbranched alkanes of at least 4 members (excludes halogenated alkanes) is 2. The number of aryl methyl sites for hydroxylation is 1. The number of halogens is 1. The highest BCUT2D eigenvalue weighted by Crippen LogP contribution is 2.17. The van der Waals surface area contributed by atoms with Gasteiger partial charge in [0.15, 0.2) is 0 Å². The third-order valence-corrected chi connectivity index (χ3v) is 3.32. The van der Waals surface area contributed by atoms with Gasteiger partial charge in [-0.1, -0.05) is 22.0 Å². The van der Waals surface area contributed by atoms with E-state index < -0.39 is 0 Å². The number of nitrogens with one attached hydrogen (secondary N) is 1. The number of amides is 1. The lowest BCUT2D eigenvalue weighted by Gasteiger charge is -2.06. The lowest BCUT2D eigenvalue weighted by molar-refractivity contribution is 0.0953. The molecule has 0 saturated carbocycles. The van der Waals surface area contributed by atoms with E-state index >= 15 is 0 Å². The Hall–Kier alpha value is -1.27. The molecule has 1 aromatic rings. The van der Waals surface area contributed by atoms with E-state index in [1.165, 1.54) is 0 Å². The summed E-state index contributed by atoms with van der Waals surface area (Å²) in [6, 6.07) is 5.60. The molecular formula is C14H16BrNO. The van der Waals surface area contributed by atoms with Gasteiger partial charge in [-0.25, -0.2) is 0 Å². The minimum atomic E-state index is -0.0357. The Kier molecular flexibility index (Phi) is 5.79. The third kappa shape index (κ3) is 4.62. The van der Waals surface area contributed by atoms with E-state index in [1.54, 1.807) is 0 Å². The van der Waals surface area contributed by atoms with Crippen LogP contribution < -0.4 is 5.32 Å². The molecule has 0 spiro atoms. The predicted molar refractivity (Wildman–Crippen MR) is 73.9 cm³/mol. The molecule has 0 aromatic heterocycles. The average molecular weight is 294 g/mol. The van der Waals surface area contributed by atoms with E-state index in [0.29, 0.717) is 12.1 Å². The van der Waals surface area contributed by atoms with E-state index in [4.69, 9.17) is 6.42 Å². The maximum absolute atomic E-state index is 11.8. The van der Waals surface area contributed by atoms with Gasteiger partial charge in [-0.05, 0) is 37.5 Å². The normalized spacial score (nSPS) is 9.71. The number of hydrogen-bond donors (Lipinski definition) is 1. The van der Waals surface area contributed by atoms with Crippen LogP contribution in [0.2, 0.25) is 0 Å². The van der Waals surface area contributed by atoms with Crippen molar-refractivity contribution in [3.63, 3.8) is 0 Å². The Morgan fingerprint density at radius 1 is 1.47 bits per heavy atom. The Bertz CT molecular complexity index is 434. The number of terminal acetylenes is 1. The lowest BCUT2D eigenvalue weighted by Crippen LogP contribution is -2.24. The zero-order valence-corrected chi connectivity index (χ0v) is 11.5. The number of rotatable bonds is 5.